The van der Waals surface area contributed by atoms with E-state index in [9.17, 15) is 4.79 Å². The van der Waals surface area contributed by atoms with Gasteiger partial charge in [-0.25, -0.2) is 0 Å². The van der Waals surface area contributed by atoms with E-state index in [4.69, 9.17) is 17.3 Å². The largest absolute Gasteiger partial charge is 0.326 e. The standard InChI is InChI=1S/C10H11ClN2O/c1-2-10(14)13-8-3-4-9(11)7(5-8)6-12/h2-5H,1,6,12H2,(H,13,14). The molecule has 0 radical (unpaired) electrons. The van der Waals surface area contributed by atoms with E-state index < -0.39 is 0 Å². The zero-order chi connectivity index (χ0) is 10.6. The number of benzene rings is 1. The summed E-state index contributed by atoms with van der Waals surface area (Å²) in [4.78, 5) is 11.0. The predicted molar refractivity (Wildman–Crippen MR) is 58.2 cm³/mol. The van der Waals surface area contributed by atoms with Crippen LogP contribution in [0, 0.1) is 0 Å². The van der Waals surface area contributed by atoms with Crippen LogP contribution in [-0.4, -0.2) is 5.91 Å². The fraction of sp³-hybridized carbons (Fsp3) is 0.100. The van der Waals surface area contributed by atoms with Crippen LogP contribution in [-0.2, 0) is 11.3 Å². The van der Waals surface area contributed by atoms with Crippen molar-refractivity contribution in [3.05, 3.63) is 41.4 Å². The number of halogens is 1. The number of amides is 1. The molecule has 0 aromatic heterocycles. The smallest absolute Gasteiger partial charge is 0.247 e. The van der Waals surface area contributed by atoms with Gasteiger partial charge < -0.3 is 11.1 Å². The molecule has 0 fully saturated rings. The summed E-state index contributed by atoms with van der Waals surface area (Å²) < 4.78 is 0. The van der Waals surface area contributed by atoms with Crippen LogP contribution in [0.3, 0.4) is 0 Å². The van der Waals surface area contributed by atoms with Gasteiger partial charge in [-0.15, -0.1) is 0 Å². The van der Waals surface area contributed by atoms with Gasteiger partial charge in [0, 0.05) is 17.3 Å². The second-order valence-electron chi connectivity index (χ2n) is 2.70. The van der Waals surface area contributed by atoms with E-state index >= 15 is 0 Å². The summed E-state index contributed by atoms with van der Waals surface area (Å²) in [5.74, 6) is -0.254. The van der Waals surface area contributed by atoms with E-state index in [2.05, 4.69) is 11.9 Å². The third-order valence-electron chi connectivity index (χ3n) is 1.72. The number of anilines is 1. The fourth-order valence-electron chi connectivity index (χ4n) is 1.00. The molecular weight excluding hydrogens is 200 g/mol. The average molecular weight is 211 g/mol. The van der Waals surface area contributed by atoms with Crippen LogP contribution in [0.15, 0.2) is 30.9 Å². The van der Waals surface area contributed by atoms with Crippen molar-refractivity contribution < 1.29 is 4.79 Å². The molecule has 4 heteroatoms. The second kappa shape index (κ2) is 4.79. The molecule has 0 aliphatic rings. The van der Waals surface area contributed by atoms with Gasteiger partial charge in [0.05, 0.1) is 0 Å². The maximum Gasteiger partial charge on any atom is 0.247 e. The molecule has 0 saturated carbocycles. The molecule has 1 aromatic rings. The first-order valence-electron chi connectivity index (χ1n) is 4.09. The van der Waals surface area contributed by atoms with Crippen molar-refractivity contribution in [1.82, 2.24) is 0 Å². The first kappa shape index (κ1) is 10.8. The summed E-state index contributed by atoms with van der Waals surface area (Å²) in [5.41, 5.74) is 6.93. The van der Waals surface area contributed by atoms with E-state index in [0.717, 1.165) is 5.56 Å². The molecule has 0 heterocycles. The number of hydrogen-bond donors (Lipinski definition) is 2. The van der Waals surface area contributed by atoms with Crippen molar-refractivity contribution in [2.24, 2.45) is 5.73 Å². The van der Waals surface area contributed by atoms with E-state index in [-0.39, 0.29) is 5.91 Å². The zero-order valence-electron chi connectivity index (χ0n) is 7.59. The number of nitrogens with one attached hydrogen (secondary N) is 1. The number of nitrogens with two attached hydrogens (primary N) is 1. The van der Waals surface area contributed by atoms with Gasteiger partial charge in [-0.3, -0.25) is 4.79 Å². The van der Waals surface area contributed by atoms with Crippen molar-refractivity contribution in [3.8, 4) is 0 Å². The Morgan fingerprint density at radius 3 is 2.93 bits per heavy atom. The van der Waals surface area contributed by atoms with Crippen molar-refractivity contribution >= 4 is 23.2 Å². The average Bonchev–Trinajstić information content (AvgIpc) is 2.20. The zero-order valence-corrected chi connectivity index (χ0v) is 8.34. The Kier molecular flexibility index (Phi) is 3.68. The maximum atomic E-state index is 11.0. The summed E-state index contributed by atoms with van der Waals surface area (Å²) in [6.45, 7) is 3.70. The Morgan fingerprint density at radius 2 is 2.36 bits per heavy atom. The van der Waals surface area contributed by atoms with Crippen LogP contribution in [0.25, 0.3) is 0 Å². The minimum Gasteiger partial charge on any atom is -0.326 e. The van der Waals surface area contributed by atoms with Crippen LogP contribution in [0.5, 0.6) is 0 Å². The third-order valence-corrected chi connectivity index (χ3v) is 2.09. The highest BCUT2D eigenvalue weighted by Gasteiger charge is 2.01. The summed E-state index contributed by atoms with van der Waals surface area (Å²) in [7, 11) is 0. The maximum absolute atomic E-state index is 11.0. The lowest BCUT2D eigenvalue weighted by molar-refractivity contribution is -0.111. The first-order chi connectivity index (χ1) is 6.67. The predicted octanol–water partition coefficient (Wildman–Crippen LogP) is 1.92. The number of rotatable bonds is 3. The lowest BCUT2D eigenvalue weighted by Gasteiger charge is -2.05. The fourth-order valence-corrected chi connectivity index (χ4v) is 1.20. The van der Waals surface area contributed by atoms with Crippen LogP contribution in [0.2, 0.25) is 5.02 Å². The highest BCUT2D eigenvalue weighted by molar-refractivity contribution is 6.31. The second-order valence-corrected chi connectivity index (χ2v) is 3.11. The molecule has 0 bridgehead atoms. The van der Waals surface area contributed by atoms with E-state index in [1.165, 1.54) is 6.08 Å². The van der Waals surface area contributed by atoms with E-state index in [1.807, 2.05) is 0 Å². The molecule has 1 amide bonds. The van der Waals surface area contributed by atoms with Crippen LogP contribution >= 0.6 is 11.6 Å². The highest BCUT2D eigenvalue weighted by Crippen LogP contribution is 2.19. The van der Waals surface area contributed by atoms with Crippen molar-refractivity contribution in [3.63, 3.8) is 0 Å². The van der Waals surface area contributed by atoms with Gasteiger partial charge in [0.25, 0.3) is 0 Å². The molecule has 0 unspecified atom stereocenters. The molecule has 0 saturated heterocycles. The van der Waals surface area contributed by atoms with E-state index in [1.54, 1.807) is 18.2 Å². The monoisotopic (exact) mass is 210 g/mol. The van der Waals surface area contributed by atoms with Gasteiger partial charge >= 0.3 is 0 Å². The normalized spacial score (nSPS) is 9.57. The third kappa shape index (κ3) is 2.58. The van der Waals surface area contributed by atoms with Gasteiger partial charge in [-0.05, 0) is 29.8 Å². The highest BCUT2D eigenvalue weighted by atomic mass is 35.5. The van der Waals surface area contributed by atoms with Crippen LogP contribution in [0.1, 0.15) is 5.56 Å². The summed E-state index contributed by atoms with van der Waals surface area (Å²) >= 11 is 5.85. The van der Waals surface area contributed by atoms with Crippen LogP contribution in [0.4, 0.5) is 5.69 Å². The SMILES string of the molecule is C=CC(=O)Nc1ccc(Cl)c(CN)c1. The molecule has 3 nitrogen and oxygen atoms in total. The van der Waals surface area contributed by atoms with Crippen molar-refractivity contribution in [1.29, 1.82) is 0 Å². The van der Waals surface area contributed by atoms with Gasteiger partial charge in [0.15, 0.2) is 0 Å². The molecule has 74 valence electrons. The molecule has 14 heavy (non-hydrogen) atoms. The topological polar surface area (TPSA) is 55.1 Å². The van der Waals surface area contributed by atoms with E-state index in [0.29, 0.717) is 17.3 Å². The molecule has 0 aliphatic carbocycles. The molecule has 0 atom stereocenters. The first-order valence-corrected chi connectivity index (χ1v) is 4.47. The Balaban J connectivity index is 2.89. The molecular formula is C10H11ClN2O. The molecule has 1 rings (SSSR count). The summed E-state index contributed by atoms with van der Waals surface area (Å²) in [6, 6.07) is 5.15. The van der Waals surface area contributed by atoms with Gasteiger partial charge in [0.2, 0.25) is 5.91 Å². The minimum atomic E-state index is -0.254. The molecule has 3 N–H and O–H groups in total. The Morgan fingerprint density at radius 1 is 1.64 bits per heavy atom. The van der Waals surface area contributed by atoms with Crippen molar-refractivity contribution in [2.75, 3.05) is 5.32 Å². The number of carbonyl (C=O) groups excluding carboxylic acids is 1. The lowest BCUT2D eigenvalue weighted by Crippen LogP contribution is -2.08. The van der Waals surface area contributed by atoms with Gasteiger partial charge in [-0.1, -0.05) is 18.2 Å². The molecule has 0 spiro atoms. The summed E-state index contributed by atoms with van der Waals surface area (Å²) in [5, 5.41) is 3.22. The number of hydrogen-bond acceptors (Lipinski definition) is 2. The van der Waals surface area contributed by atoms with Crippen molar-refractivity contribution in [2.45, 2.75) is 6.54 Å². The summed E-state index contributed by atoms with van der Waals surface area (Å²) in [6.07, 6.45) is 1.21. The quantitative estimate of drug-likeness (QED) is 0.749. The number of carbonyl (C=O) groups is 1. The Labute approximate surface area is 87.6 Å². The molecule has 0 aliphatic heterocycles. The molecule has 1 aromatic carbocycles. The Hall–Kier alpha value is -1.32. The van der Waals surface area contributed by atoms with Gasteiger partial charge in [0.1, 0.15) is 0 Å². The van der Waals surface area contributed by atoms with Gasteiger partial charge in [-0.2, -0.15) is 0 Å². The minimum absolute atomic E-state index is 0.254. The van der Waals surface area contributed by atoms with Crippen LogP contribution < -0.4 is 11.1 Å². The Bertz CT molecular complexity index is 363. The lowest BCUT2D eigenvalue weighted by atomic mass is 10.2.